The van der Waals surface area contributed by atoms with E-state index in [1.807, 2.05) is 26.1 Å². The average Bonchev–Trinajstić information content (AvgIpc) is 3.23. The van der Waals surface area contributed by atoms with Gasteiger partial charge >= 0.3 is 0 Å². The monoisotopic (exact) mass is 371 g/mol. The van der Waals surface area contributed by atoms with Crippen molar-refractivity contribution >= 4 is 6.21 Å². The summed E-state index contributed by atoms with van der Waals surface area (Å²) in [4.78, 5) is 4.26. The number of rotatable bonds is 4. The van der Waals surface area contributed by atoms with E-state index in [1.54, 1.807) is 31.2 Å². The first kappa shape index (κ1) is 21.3. The summed E-state index contributed by atoms with van der Waals surface area (Å²) in [5.41, 5.74) is 4.11. The van der Waals surface area contributed by atoms with Crippen molar-refractivity contribution in [3.63, 3.8) is 0 Å². The number of nitrogens with zero attached hydrogens (tertiary/aromatic N) is 1. The number of aliphatic hydroxyl groups is 3. The van der Waals surface area contributed by atoms with Gasteiger partial charge in [0, 0.05) is 12.6 Å². The summed E-state index contributed by atoms with van der Waals surface area (Å²) in [6.07, 6.45) is 2.84. The van der Waals surface area contributed by atoms with Crippen molar-refractivity contribution in [3.05, 3.63) is 71.5 Å². The normalized spacial score (nSPS) is 28.4. The summed E-state index contributed by atoms with van der Waals surface area (Å²) in [6.45, 7) is 9.50. The van der Waals surface area contributed by atoms with Gasteiger partial charge in [0.15, 0.2) is 0 Å². The van der Waals surface area contributed by atoms with Gasteiger partial charge in [0.1, 0.15) is 24.4 Å². The number of aliphatic hydroxyl groups excluding tert-OH is 3. The molecule has 3 rings (SSSR count). The first-order chi connectivity index (χ1) is 12.9. The first-order valence-electron chi connectivity index (χ1n) is 9.15. The van der Waals surface area contributed by atoms with Gasteiger partial charge in [0.05, 0.1) is 11.8 Å². The Kier molecular flexibility index (Phi) is 7.68. The van der Waals surface area contributed by atoms with Crippen molar-refractivity contribution in [3.8, 4) is 0 Å². The van der Waals surface area contributed by atoms with Gasteiger partial charge in [-0.25, -0.2) is 0 Å². The molecule has 0 radical (unpaired) electrons. The fourth-order valence-corrected chi connectivity index (χ4v) is 3.14. The predicted octanol–water partition coefficient (Wildman–Crippen LogP) is 3.10. The summed E-state index contributed by atoms with van der Waals surface area (Å²) >= 11 is 0. The van der Waals surface area contributed by atoms with E-state index in [-0.39, 0.29) is 0 Å². The lowest BCUT2D eigenvalue weighted by Crippen LogP contribution is -2.34. The van der Waals surface area contributed by atoms with Crippen LogP contribution < -0.4 is 0 Å². The molecule has 1 aliphatic carbocycles. The number of allylic oxidation sites excluding steroid dienone is 4. The van der Waals surface area contributed by atoms with Crippen LogP contribution in [0.1, 0.15) is 38.9 Å². The SMILES string of the molecule is C=C(C)C1=C(N=CC)CC=C1.C[C@@H]1O[C@@H]([C@@H](O)c2ccccc2)[C@@H](O)[C@H]1O. The van der Waals surface area contributed by atoms with Gasteiger partial charge in [-0.2, -0.15) is 0 Å². The van der Waals surface area contributed by atoms with E-state index >= 15 is 0 Å². The van der Waals surface area contributed by atoms with Crippen LogP contribution in [0.2, 0.25) is 0 Å². The van der Waals surface area contributed by atoms with E-state index in [1.165, 1.54) is 5.57 Å². The number of aliphatic imine (C=N–C) groups is 1. The van der Waals surface area contributed by atoms with Crippen LogP contribution in [-0.2, 0) is 4.74 Å². The Morgan fingerprint density at radius 1 is 1.26 bits per heavy atom. The van der Waals surface area contributed by atoms with Crippen LogP contribution in [0.5, 0.6) is 0 Å². The third kappa shape index (κ3) is 5.23. The highest BCUT2D eigenvalue weighted by molar-refractivity contribution is 5.58. The number of benzene rings is 1. The summed E-state index contributed by atoms with van der Waals surface area (Å²) in [7, 11) is 0. The molecule has 0 spiro atoms. The van der Waals surface area contributed by atoms with Gasteiger partial charge in [-0.15, -0.1) is 0 Å². The molecule has 0 unspecified atom stereocenters. The number of hydrogen-bond donors (Lipinski definition) is 3. The van der Waals surface area contributed by atoms with Crippen LogP contribution in [0.4, 0.5) is 0 Å². The Bertz CT molecular complexity index is 723. The lowest BCUT2D eigenvalue weighted by atomic mass is 9.99. The molecule has 5 heteroatoms. The Morgan fingerprint density at radius 2 is 1.93 bits per heavy atom. The molecular formula is C22H29NO4. The van der Waals surface area contributed by atoms with E-state index in [9.17, 15) is 15.3 Å². The second kappa shape index (κ2) is 9.76. The molecule has 1 saturated heterocycles. The molecule has 1 fully saturated rings. The topological polar surface area (TPSA) is 82.3 Å². The minimum absolute atomic E-state index is 0.460. The molecule has 0 bridgehead atoms. The quantitative estimate of drug-likeness (QED) is 0.711. The highest BCUT2D eigenvalue weighted by Gasteiger charge is 2.44. The highest BCUT2D eigenvalue weighted by atomic mass is 16.6. The molecule has 1 aromatic carbocycles. The molecule has 27 heavy (non-hydrogen) atoms. The van der Waals surface area contributed by atoms with Crippen LogP contribution in [0.25, 0.3) is 0 Å². The summed E-state index contributed by atoms with van der Waals surface area (Å²) in [6, 6.07) is 8.98. The van der Waals surface area contributed by atoms with Gasteiger partial charge in [-0.1, -0.05) is 49.1 Å². The van der Waals surface area contributed by atoms with Crippen LogP contribution in [0.3, 0.4) is 0 Å². The van der Waals surface area contributed by atoms with Gasteiger partial charge in [0.2, 0.25) is 0 Å². The molecule has 0 amide bonds. The van der Waals surface area contributed by atoms with E-state index in [0.717, 1.165) is 17.7 Å². The number of hydrogen-bond acceptors (Lipinski definition) is 5. The molecule has 1 aliphatic heterocycles. The number of ether oxygens (including phenoxy) is 1. The van der Waals surface area contributed by atoms with E-state index < -0.39 is 30.5 Å². The van der Waals surface area contributed by atoms with E-state index in [2.05, 4.69) is 23.7 Å². The van der Waals surface area contributed by atoms with Crippen molar-refractivity contribution in [1.82, 2.24) is 0 Å². The molecule has 0 saturated carbocycles. The average molecular weight is 371 g/mol. The summed E-state index contributed by atoms with van der Waals surface area (Å²) in [5, 5.41) is 29.3. The van der Waals surface area contributed by atoms with Gasteiger partial charge in [0.25, 0.3) is 0 Å². The molecule has 5 nitrogen and oxygen atoms in total. The van der Waals surface area contributed by atoms with E-state index in [0.29, 0.717) is 5.56 Å². The Labute approximate surface area is 161 Å². The minimum atomic E-state index is -1.05. The molecule has 1 aromatic rings. The summed E-state index contributed by atoms with van der Waals surface area (Å²) < 4.78 is 5.35. The Morgan fingerprint density at radius 3 is 2.44 bits per heavy atom. The molecule has 1 heterocycles. The van der Waals surface area contributed by atoms with Crippen molar-refractivity contribution < 1.29 is 20.1 Å². The third-order valence-corrected chi connectivity index (χ3v) is 4.64. The Hall–Kier alpha value is -2.05. The maximum absolute atomic E-state index is 10.0. The molecule has 146 valence electrons. The lowest BCUT2D eigenvalue weighted by molar-refractivity contribution is -0.0635. The molecule has 5 atom stereocenters. The van der Waals surface area contributed by atoms with Crippen LogP contribution in [0.15, 0.2) is 70.9 Å². The first-order valence-corrected chi connectivity index (χ1v) is 9.15. The van der Waals surface area contributed by atoms with Crippen molar-refractivity contribution in [2.75, 3.05) is 0 Å². The van der Waals surface area contributed by atoms with Crippen LogP contribution in [0, 0.1) is 0 Å². The van der Waals surface area contributed by atoms with Crippen LogP contribution in [-0.4, -0.2) is 46.0 Å². The van der Waals surface area contributed by atoms with Crippen LogP contribution >= 0.6 is 0 Å². The van der Waals surface area contributed by atoms with Gasteiger partial charge in [-0.05, 0) is 37.5 Å². The Balaban J connectivity index is 0.000000208. The fraction of sp³-hybridized carbons (Fsp3) is 0.409. The predicted molar refractivity (Wildman–Crippen MR) is 108 cm³/mol. The van der Waals surface area contributed by atoms with Gasteiger partial charge < -0.3 is 20.1 Å². The van der Waals surface area contributed by atoms with Crippen molar-refractivity contribution in [1.29, 1.82) is 0 Å². The van der Waals surface area contributed by atoms with Crippen molar-refractivity contribution in [2.45, 2.75) is 57.7 Å². The second-order valence-electron chi connectivity index (χ2n) is 6.78. The largest absolute Gasteiger partial charge is 0.388 e. The zero-order valence-corrected chi connectivity index (χ0v) is 16.1. The minimum Gasteiger partial charge on any atom is -0.388 e. The standard InChI is InChI=1S/C12H16O4.C10H13N/c1-7-9(13)11(15)12(16-7)10(14)8-5-3-2-4-6-8;1-4-11-10-7-5-6-9(10)8(2)3/h2-7,9-15H,1H3;4-6H,2,7H2,1,3H3/t7-,9-,10-,11-,12-;/m0./s1. The van der Waals surface area contributed by atoms with Gasteiger partial charge in [-0.3, -0.25) is 4.99 Å². The smallest absolute Gasteiger partial charge is 0.116 e. The highest BCUT2D eigenvalue weighted by Crippen LogP contribution is 2.30. The lowest BCUT2D eigenvalue weighted by Gasteiger charge is -2.21. The third-order valence-electron chi connectivity index (χ3n) is 4.64. The molecule has 2 aliphatic rings. The molecule has 3 N–H and O–H groups in total. The van der Waals surface area contributed by atoms with Crippen molar-refractivity contribution in [2.24, 2.45) is 4.99 Å². The van der Waals surface area contributed by atoms with E-state index in [4.69, 9.17) is 4.74 Å². The maximum atomic E-state index is 10.0. The molecule has 0 aromatic heterocycles. The zero-order valence-electron chi connectivity index (χ0n) is 16.1. The maximum Gasteiger partial charge on any atom is 0.116 e. The summed E-state index contributed by atoms with van der Waals surface area (Å²) in [5.74, 6) is 0. The second-order valence-corrected chi connectivity index (χ2v) is 6.78. The fourth-order valence-electron chi connectivity index (χ4n) is 3.14. The molecular weight excluding hydrogens is 342 g/mol. The zero-order chi connectivity index (χ0) is 20.0.